The van der Waals surface area contributed by atoms with Crippen LogP contribution in [0.25, 0.3) is 0 Å². The third-order valence-corrected chi connectivity index (χ3v) is 3.34. The molecule has 1 aromatic rings. The summed E-state index contributed by atoms with van der Waals surface area (Å²) in [5.41, 5.74) is 2.14. The molecule has 2 amide bonds. The van der Waals surface area contributed by atoms with Crippen molar-refractivity contribution >= 4 is 6.03 Å². The van der Waals surface area contributed by atoms with E-state index in [1.54, 1.807) is 0 Å². The second-order valence-electron chi connectivity index (χ2n) is 5.44. The molecular formula is C15H21F3N2O2. The molecule has 0 bridgehead atoms. The first-order chi connectivity index (χ1) is 10.1. The molecule has 0 fully saturated rings. The number of rotatable bonds is 5. The Morgan fingerprint density at radius 1 is 1.41 bits per heavy atom. The molecule has 2 unspecified atom stereocenters. The zero-order valence-electron chi connectivity index (χ0n) is 12.8. The van der Waals surface area contributed by atoms with E-state index in [0.717, 1.165) is 16.0 Å². The third-order valence-electron chi connectivity index (χ3n) is 3.34. The van der Waals surface area contributed by atoms with Gasteiger partial charge in [0, 0.05) is 13.6 Å². The number of alkyl halides is 3. The van der Waals surface area contributed by atoms with Gasteiger partial charge < -0.3 is 15.3 Å². The van der Waals surface area contributed by atoms with Gasteiger partial charge in [0.1, 0.15) is 0 Å². The summed E-state index contributed by atoms with van der Waals surface area (Å²) < 4.78 is 36.7. The summed E-state index contributed by atoms with van der Waals surface area (Å²) in [7, 11) is 1.21. The Bertz CT molecular complexity index is 506. The van der Waals surface area contributed by atoms with Crippen LogP contribution in [0.4, 0.5) is 18.0 Å². The number of aryl methyl sites for hydroxylation is 1. The van der Waals surface area contributed by atoms with E-state index < -0.39 is 24.9 Å². The zero-order valence-corrected chi connectivity index (χ0v) is 12.8. The number of benzene rings is 1. The summed E-state index contributed by atoms with van der Waals surface area (Å²) in [6.45, 7) is 3.38. The molecule has 2 atom stereocenters. The molecule has 0 saturated carbocycles. The van der Waals surface area contributed by atoms with Crippen molar-refractivity contribution in [2.45, 2.75) is 32.0 Å². The highest BCUT2D eigenvalue weighted by Gasteiger charge is 2.39. The van der Waals surface area contributed by atoms with Crippen LogP contribution in [0.5, 0.6) is 0 Å². The smallest absolute Gasteiger partial charge is 0.382 e. The van der Waals surface area contributed by atoms with Crippen LogP contribution >= 0.6 is 0 Å². The molecule has 0 radical (unpaired) electrons. The van der Waals surface area contributed by atoms with Gasteiger partial charge in [-0.3, -0.25) is 0 Å². The van der Waals surface area contributed by atoms with Crippen molar-refractivity contribution < 1.29 is 23.1 Å². The molecule has 7 heteroatoms. The number of likely N-dealkylation sites (N-methyl/N-ethyl adjacent to an activating group) is 1. The van der Waals surface area contributed by atoms with Gasteiger partial charge in [-0.25, -0.2) is 4.79 Å². The lowest BCUT2D eigenvalue weighted by Crippen LogP contribution is -2.46. The lowest BCUT2D eigenvalue weighted by Gasteiger charge is -2.23. The van der Waals surface area contributed by atoms with E-state index in [2.05, 4.69) is 5.32 Å². The molecule has 22 heavy (non-hydrogen) atoms. The fourth-order valence-electron chi connectivity index (χ4n) is 1.92. The molecule has 0 saturated heterocycles. The second-order valence-corrected chi connectivity index (χ2v) is 5.44. The number of aliphatic hydroxyl groups excluding tert-OH is 1. The van der Waals surface area contributed by atoms with Crippen molar-refractivity contribution in [1.29, 1.82) is 0 Å². The van der Waals surface area contributed by atoms with Gasteiger partial charge >= 0.3 is 12.2 Å². The van der Waals surface area contributed by atoms with Crippen LogP contribution in [-0.4, -0.2) is 48.5 Å². The van der Waals surface area contributed by atoms with Gasteiger partial charge in [-0.2, -0.15) is 13.2 Å². The van der Waals surface area contributed by atoms with Crippen molar-refractivity contribution in [1.82, 2.24) is 10.2 Å². The molecule has 0 aliphatic rings. The van der Waals surface area contributed by atoms with Crippen LogP contribution < -0.4 is 5.32 Å². The zero-order chi connectivity index (χ0) is 16.9. The van der Waals surface area contributed by atoms with E-state index in [0.29, 0.717) is 6.54 Å². The predicted molar refractivity (Wildman–Crippen MR) is 77.7 cm³/mol. The lowest BCUT2D eigenvalue weighted by molar-refractivity contribution is -0.205. The Morgan fingerprint density at radius 3 is 2.59 bits per heavy atom. The minimum Gasteiger partial charge on any atom is -0.382 e. The van der Waals surface area contributed by atoms with E-state index >= 15 is 0 Å². The Kier molecular flexibility index (Phi) is 6.22. The first-order valence-electron chi connectivity index (χ1n) is 6.91. The van der Waals surface area contributed by atoms with Gasteiger partial charge in [0.05, 0.1) is 6.54 Å². The van der Waals surface area contributed by atoms with Crippen LogP contribution in [0.1, 0.15) is 24.0 Å². The molecular weight excluding hydrogens is 297 g/mol. The topological polar surface area (TPSA) is 52.6 Å². The average molecular weight is 318 g/mol. The molecule has 0 aliphatic heterocycles. The summed E-state index contributed by atoms with van der Waals surface area (Å²) in [5.74, 6) is 0.0322. The van der Waals surface area contributed by atoms with Gasteiger partial charge in [-0.1, -0.05) is 36.8 Å². The Balaban J connectivity index is 2.48. The molecule has 0 aromatic heterocycles. The quantitative estimate of drug-likeness (QED) is 0.877. The van der Waals surface area contributed by atoms with Crippen molar-refractivity contribution in [3.63, 3.8) is 0 Å². The van der Waals surface area contributed by atoms with Gasteiger partial charge in [-0.15, -0.1) is 0 Å². The molecule has 2 N–H and O–H groups in total. The SMILES string of the molecule is Cc1cccc(C(C)CNC(=O)N(C)CC(O)C(F)(F)F)c1. The molecule has 1 rings (SSSR count). The molecule has 124 valence electrons. The van der Waals surface area contributed by atoms with E-state index in [-0.39, 0.29) is 5.92 Å². The van der Waals surface area contributed by atoms with Crippen LogP contribution in [0.3, 0.4) is 0 Å². The number of urea groups is 1. The maximum absolute atomic E-state index is 12.2. The highest BCUT2D eigenvalue weighted by Crippen LogP contribution is 2.20. The van der Waals surface area contributed by atoms with Crippen LogP contribution in [0.2, 0.25) is 0 Å². The summed E-state index contributed by atoms with van der Waals surface area (Å²) in [6.07, 6.45) is -7.28. The Hall–Kier alpha value is -1.76. The highest BCUT2D eigenvalue weighted by atomic mass is 19.4. The molecule has 1 aromatic carbocycles. The third kappa shape index (κ3) is 5.55. The minimum absolute atomic E-state index is 0.0322. The lowest BCUT2D eigenvalue weighted by atomic mass is 9.99. The van der Waals surface area contributed by atoms with Crippen molar-refractivity contribution in [2.24, 2.45) is 0 Å². The Labute approximate surface area is 127 Å². The van der Waals surface area contributed by atoms with E-state index in [1.807, 2.05) is 38.1 Å². The maximum Gasteiger partial charge on any atom is 0.416 e. The number of nitrogens with zero attached hydrogens (tertiary/aromatic N) is 1. The largest absolute Gasteiger partial charge is 0.416 e. The minimum atomic E-state index is -4.73. The number of carbonyl (C=O) groups excluding carboxylic acids is 1. The summed E-state index contributed by atoms with van der Waals surface area (Å²) in [4.78, 5) is 12.6. The first-order valence-corrected chi connectivity index (χ1v) is 6.91. The van der Waals surface area contributed by atoms with Gasteiger partial charge in [0.15, 0.2) is 6.10 Å². The standard InChI is InChI=1S/C15H21F3N2O2/c1-10-5-4-6-12(7-10)11(2)8-19-14(22)20(3)9-13(21)15(16,17)18/h4-7,11,13,21H,8-9H2,1-3H3,(H,19,22). The van der Waals surface area contributed by atoms with Crippen molar-refractivity contribution in [2.75, 3.05) is 20.1 Å². The van der Waals surface area contributed by atoms with E-state index in [9.17, 15) is 18.0 Å². The van der Waals surface area contributed by atoms with Gasteiger partial charge in [0.25, 0.3) is 0 Å². The van der Waals surface area contributed by atoms with Gasteiger partial charge in [-0.05, 0) is 18.4 Å². The van der Waals surface area contributed by atoms with Crippen molar-refractivity contribution in [3.05, 3.63) is 35.4 Å². The number of hydrogen-bond acceptors (Lipinski definition) is 2. The van der Waals surface area contributed by atoms with Crippen LogP contribution in [0.15, 0.2) is 24.3 Å². The normalized spacial score (nSPS) is 14.3. The number of hydrogen-bond donors (Lipinski definition) is 2. The Morgan fingerprint density at radius 2 is 2.05 bits per heavy atom. The molecule has 0 spiro atoms. The molecule has 0 aliphatic carbocycles. The fraction of sp³-hybridized carbons (Fsp3) is 0.533. The number of aliphatic hydroxyl groups is 1. The highest BCUT2D eigenvalue weighted by molar-refractivity contribution is 5.73. The molecule has 4 nitrogen and oxygen atoms in total. The predicted octanol–water partition coefficient (Wildman–Crippen LogP) is 2.66. The number of halogens is 3. The van der Waals surface area contributed by atoms with Crippen LogP contribution in [-0.2, 0) is 0 Å². The summed E-state index contributed by atoms with van der Waals surface area (Å²) in [5, 5.41) is 11.5. The summed E-state index contributed by atoms with van der Waals surface area (Å²) in [6, 6.07) is 7.15. The first kappa shape index (κ1) is 18.3. The number of amides is 2. The van der Waals surface area contributed by atoms with Crippen molar-refractivity contribution in [3.8, 4) is 0 Å². The fourth-order valence-corrected chi connectivity index (χ4v) is 1.92. The van der Waals surface area contributed by atoms with Gasteiger partial charge in [0.2, 0.25) is 0 Å². The second kappa shape index (κ2) is 7.49. The number of nitrogens with one attached hydrogen (secondary N) is 1. The van der Waals surface area contributed by atoms with E-state index in [4.69, 9.17) is 5.11 Å². The number of carbonyl (C=O) groups is 1. The maximum atomic E-state index is 12.2. The molecule has 0 heterocycles. The van der Waals surface area contributed by atoms with Crippen LogP contribution in [0, 0.1) is 6.92 Å². The summed E-state index contributed by atoms with van der Waals surface area (Å²) >= 11 is 0. The van der Waals surface area contributed by atoms with E-state index in [1.165, 1.54) is 7.05 Å². The average Bonchev–Trinajstić information content (AvgIpc) is 2.43. The monoisotopic (exact) mass is 318 g/mol.